The highest BCUT2D eigenvalue weighted by molar-refractivity contribution is 5.78. The molecule has 0 atom stereocenters. The van der Waals surface area contributed by atoms with Crippen LogP contribution in [0.15, 0.2) is 62.2 Å². The van der Waals surface area contributed by atoms with E-state index in [1.807, 2.05) is 44.5 Å². The molecule has 0 aromatic heterocycles. The molecule has 0 fully saturated rings. The molecule has 0 aliphatic rings. The number of quaternary nitrogens is 1. The van der Waals surface area contributed by atoms with Gasteiger partial charge in [-0.2, -0.15) is 0 Å². The first-order valence-electron chi connectivity index (χ1n) is 9.11. The van der Waals surface area contributed by atoms with Crippen LogP contribution in [0.3, 0.4) is 0 Å². The quantitative estimate of drug-likeness (QED) is 0.435. The Hall–Kier alpha value is -2.17. The fourth-order valence-electron chi connectivity index (χ4n) is 3.06. The summed E-state index contributed by atoms with van der Waals surface area (Å²) in [5.41, 5.74) is 2.28. The first-order valence-corrected chi connectivity index (χ1v) is 9.11. The Morgan fingerprint density at radius 2 is 1.50 bits per heavy atom. The molecule has 0 saturated heterocycles. The van der Waals surface area contributed by atoms with Crippen LogP contribution in [0, 0.1) is 0 Å². The smallest absolute Gasteiger partial charge is 0.224 e. The van der Waals surface area contributed by atoms with E-state index in [0.717, 1.165) is 42.8 Å². The summed E-state index contributed by atoms with van der Waals surface area (Å²) in [7, 11) is 3.99. The molecule has 142 valence electrons. The van der Waals surface area contributed by atoms with Gasteiger partial charge >= 0.3 is 0 Å². The molecule has 0 radical (unpaired) electrons. The van der Waals surface area contributed by atoms with Crippen LogP contribution in [0.25, 0.3) is 0 Å². The third kappa shape index (κ3) is 7.81. The summed E-state index contributed by atoms with van der Waals surface area (Å²) in [4.78, 5) is 14.0. The topological polar surface area (TPSA) is 32.3 Å². The Kier molecular flexibility index (Phi) is 9.63. The summed E-state index contributed by atoms with van der Waals surface area (Å²) in [5.74, 6) is 0.0645. The van der Waals surface area contributed by atoms with Gasteiger partial charge in [-0.15, -0.1) is 0 Å². The fourth-order valence-corrected chi connectivity index (χ4v) is 3.06. The zero-order chi connectivity index (χ0) is 19.4. The van der Waals surface area contributed by atoms with Gasteiger partial charge in [0.2, 0.25) is 5.91 Å². The van der Waals surface area contributed by atoms with Gasteiger partial charge in [0.25, 0.3) is 0 Å². The molecule has 1 N–H and O–H groups in total. The predicted molar refractivity (Wildman–Crippen MR) is 111 cm³/mol. The summed E-state index contributed by atoms with van der Waals surface area (Å²) in [6.07, 6.45) is 6.29. The zero-order valence-electron chi connectivity index (χ0n) is 16.4. The van der Waals surface area contributed by atoms with Crippen LogP contribution in [0.1, 0.15) is 11.1 Å². The number of carbonyl (C=O) groups excluding carboxylic acids is 1. The highest BCUT2D eigenvalue weighted by Crippen LogP contribution is 2.16. The van der Waals surface area contributed by atoms with Gasteiger partial charge in [0.1, 0.15) is 6.54 Å². The number of carbonyl (C=O) groups is 1. The van der Waals surface area contributed by atoms with E-state index < -0.39 is 0 Å². The van der Waals surface area contributed by atoms with E-state index in [9.17, 15) is 4.79 Å². The molecule has 1 aromatic rings. The van der Waals surface area contributed by atoms with Crippen molar-refractivity contribution in [1.82, 2.24) is 10.2 Å². The normalized spacial score (nSPS) is 11.2. The zero-order valence-corrected chi connectivity index (χ0v) is 16.4. The van der Waals surface area contributed by atoms with Crippen molar-refractivity contribution in [1.29, 1.82) is 0 Å². The average molecular weight is 357 g/mol. The minimum absolute atomic E-state index is 0.0645. The third-order valence-electron chi connectivity index (χ3n) is 4.34. The van der Waals surface area contributed by atoms with Gasteiger partial charge in [0.15, 0.2) is 0 Å². The molecule has 0 unspecified atom stereocenters. The maximum atomic E-state index is 12.0. The van der Waals surface area contributed by atoms with Crippen LogP contribution in [-0.2, 0) is 17.8 Å². The van der Waals surface area contributed by atoms with Crippen LogP contribution in [0.2, 0.25) is 0 Å². The van der Waals surface area contributed by atoms with Gasteiger partial charge < -0.3 is 14.7 Å². The number of hydrogen-bond donors (Lipinski definition) is 1. The minimum Gasteiger partial charge on any atom is -0.355 e. The molecule has 0 spiro atoms. The molecular weight excluding hydrogens is 322 g/mol. The molecule has 4 nitrogen and oxygen atoms in total. The van der Waals surface area contributed by atoms with Crippen molar-refractivity contribution in [2.24, 2.45) is 0 Å². The monoisotopic (exact) mass is 356 g/mol. The SMILES string of the molecule is C=CC[N+](CC=C)(CC=C)Cc1ccc(CC(=O)NCCN(C)C)cc1. The molecule has 1 aromatic carbocycles. The van der Waals surface area contributed by atoms with E-state index in [2.05, 4.69) is 42.1 Å². The van der Waals surface area contributed by atoms with Gasteiger partial charge in [0.05, 0.1) is 26.1 Å². The van der Waals surface area contributed by atoms with Gasteiger partial charge in [-0.3, -0.25) is 4.79 Å². The summed E-state index contributed by atoms with van der Waals surface area (Å²) in [6, 6.07) is 8.33. The number of likely N-dealkylation sites (N-methyl/N-ethyl adjacent to an activating group) is 1. The fraction of sp³-hybridized carbons (Fsp3) is 0.409. The Balaban J connectivity index is 2.69. The molecule has 0 heterocycles. The molecule has 0 saturated carbocycles. The van der Waals surface area contributed by atoms with Crippen molar-refractivity contribution in [2.45, 2.75) is 13.0 Å². The van der Waals surface area contributed by atoms with Crippen LogP contribution in [0.5, 0.6) is 0 Å². The lowest BCUT2D eigenvalue weighted by molar-refractivity contribution is -0.924. The summed E-state index contributed by atoms with van der Waals surface area (Å²) in [5, 5.41) is 2.95. The van der Waals surface area contributed by atoms with Gasteiger partial charge in [-0.1, -0.05) is 44.0 Å². The average Bonchev–Trinajstić information content (AvgIpc) is 2.57. The molecule has 26 heavy (non-hydrogen) atoms. The summed E-state index contributed by atoms with van der Waals surface area (Å²) in [6.45, 7) is 16.7. The second-order valence-electron chi connectivity index (χ2n) is 7.06. The van der Waals surface area contributed by atoms with E-state index in [1.54, 1.807) is 0 Å². The van der Waals surface area contributed by atoms with Crippen LogP contribution in [-0.4, -0.2) is 62.1 Å². The first-order chi connectivity index (χ1) is 12.4. The predicted octanol–water partition coefficient (Wildman–Crippen LogP) is 2.78. The highest BCUT2D eigenvalue weighted by atomic mass is 16.1. The van der Waals surface area contributed by atoms with Crippen LogP contribution in [0.4, 0.5) is 0 Å². The van der Waals surface area contributed by atoms with Crippen molar-refractivity contribution >= 4 is 5.91 Å². The number of hydrogen-bond acceptors (Lipinski definition) is 2. The summed E-state index contributed by atoms with van der Waals surface area (Å²) < 4.78 is 0.834. The van der Waals surface area contributed by atoms with E-state index >= 15 is 0 Å². The van der Waals surface area contributed by atoms with Crippen molar-refractivity contribution < 1.29 is 9.28 Å². The molecule has 4 heteroatoms. The molecule has 1 amide bonds. The Morgan fingerprint density at radius 1 is 1.00 bits per heavy atom. The number of benzene rings is 1. The van der Waals surface area contributed by atoms with Crippen molar-refractivity contribution in [2.75, 3.05) is 46.8 Å². The standard InChI is InChI=1S/C22H33N3O/c1-6-15-25(16-7-2,17-8-3)19-21-11-9-20(10-12-21)18-22(26)23-13-14-24(4)5/h6-12H,1-3,13-19H2,4-5H3/p+1. The van der Waals surface area contributed by atoms with Gasteiger partial charge in [-0.25, -0.2) is 0 Å². The Morgan fingerprint density at radius 3 is 1.96 bits per heavy atom. The van der Waals surface area contributed by atoms with E-state index in [-0.39, 0.29) is 5.91 Å². The number of nitrogens with one attached hydrogen (secondary N) is 1. The summed E-state index contributed by atoms with van der Waals surface area (Å²) >= 11 is 0. The highest BCUT2D eigenvalue weighted by Gasteiger charge is 2.23. The lowest BCUT2D eigenvalue weighted by atomic mass is 10.1. The molecule has 1 rings (SSSR count). The third-order valence-corrected chi connectivity index (χ3v) is 4.34. The van der Waals surface area contributed by atoms with Crippen molar-refractivity contribution in [3.05, 3.63) is 73.4 Å². The molecule has 0 aliphatic heterocycles. The van der Waals surface area contributed by atoms with E-state index in [1.165, 1.54) is 5.56 Å². The number of nitrogens with zero attached hydrogens (tertiary/aromatic N) is 2. The maximum absolute atomic E-state index is 12.0. The van der Waals surface area contributed by atoms with Crippen molar-refractivity contribution in [3.63, 3.8) is 0 Å². The molecule has 0 aliphatic carbocycles. The van der Waals surface area contributed by atoms with Gasteiger partial charge in [0, 0.05) is 18.7 Å². The number of rotatable bonds is 13. The Labute approximate surface area is 159 Å². The van der Waals surface area contributed by atoms with E-state index in [4.69, 9.17) is 0 Å². The van der Waals surface area contributed by atoms with E-state index in [0.29, 0.717) is 13.0 Å². The number of amides is 1. The van der Waals surface area contributed by atoms with Crippen molar-refractivity contribution in [3.8, 4) is 0 Å². The van der Waals surface area contributed by atoms with Crippen LogP contribution >= 0.6 is 0 Å². The minimum atomic E-state index is 0.0645. The maximum Gasteiger partial charge on any atom is 0.224 e. The molecular formula is C22H34N3O+. The molecule has 0 bridgehead atoms. The Bertz CT molecular complexity index is 563. The van der Waals surface area contributed by atoms with Gasteiger partial charge in [-0.05, 0) is 37.9 Å². The second-order valence-corrected chi connectivity index (χ2v) is 7.06. The second kappa shape index (κ2) is 11.4. The van der Waals surface area contributed by atoms with Crippen LogP contribution < -0.4 is 5.32 Å². The lowest BCUT2D eigenvalue weighted by Crippen LogP contribution is -2.47. The largest absolute Gasteiger partial charge is 0.355 e. The lowest BCUT2D eigenvalue weighted by Gasteiger charge is -2.36. The first kappa shape index (κ1) is 21.9.